The van der Waals surface area contributed by atoms with E-state index in [1.807, 2.05) is 7.05 Å². The van der Waals surface area contributed by atoms with Crippen LogP contribution in [0, 0.1) is 3.01 Å². The minimum atomic E-state index is 1.08. The molecule has 2 nitrogen and oxygen atoms in total. The van der Waals surface area contributed by atoms with E-state index < -0.39 is 0 Å². The molecule has 0 spiro atoms. The monoisotopic (exact) mass is 290 g/mol. The fourth-order valence-corrected chi connectivity index (χ4v) is 2.70. The Labute approximate surface area is 88.1 Å². The molecule has 2 rings (SSSR count). The minimum Gasteiger partial charge on any atom is -0.388 e. The predicted octanol–water partition coefficient (Wildman–Crippen LogP) is 2.94. The summed E-state index contributed by atoms with van der Waals surface area (Å²) in [4.78, 5) is 4.39. The van der Waals surface area contributed by atoms with Gasteiger partial charge in [-0.3, -0.25) is 0 Å². The lowest BCUT2D eigenvalue weighted by Crippen LogP contribution is -1.85. The molecule has 0 fully saturated rings. The summed E-state index contributed by atoms with van der Waals surface area (Å²) in [7, 11) is 1.92. The van der Waals surface area contributed by atoms with Crippen molar-refractivity contribution in [2.24, 2.45) is 0 Å². The normalized spacial score (nSPS) is 10.5. The van der Waals surface area contributed by atoms with Gasteiger partial charge in [-0.15, -0.1) is 11.3 Å². The Morgan fingerprint density at radius 2 is 2.33 bits per heavy atom. The Balaban J connectivity index is 2.66. The van der Waals surface area contributed by atoms with Gasteiger partial charge in [0.2, 0.25) is 0 Å². The second kappa shape index (κ2) is 3.18. The zero-order chi connectivity index (χ0) is 8.55. The largest absolute Gasteiger partial charge is 0.388 e. The van der Waals surface area contributed by atoms with Crippen molar-refractivity contribution < 1.29 is 0 Å². The maximum absolute atomic E-state index is 4.39. The van der Waals surface area contributed by atoms with E-state index in [0.717, 1.165) is 14.2 Å². The van der Waals surface area contributed by atoms with Crippen LogP contribution >= 0.6 is 33.9 Å². The molecule has 2 aromatic rings. The summed E-state index contributed by atoms with van der Waals surface area (Å²) in [6.07, 6.45) is 0. The SMILES string of the molecule is CNc1ccc2sc(I)nc2c1. The van der Waals surface area contributed by atoms with Crippen molar-refractivity contribution in [3.8, 4) is 0 Å². The number of fused-ring (bicyclic) bond motifs is 1. The van der Waals surface area contributed by atoms with E-state index in [9.17, 15) is 0 Å². The molecule has 0 atom stereocenters. The summed E-state index contributed by atoms with van der Waals surface area (Å²) in [5.74, 6) is 0. The van der Waals surface area contributed by atoms with E-state index in [0.29, 0.717) is 0 Å². The van der Waals surface area contributed by atoms with E-state index in [2.05, 4.69) is 51.1 Å². The summed E-state index contributed by atoms with van der Waals surface area (Å²) in [6.45, 7) is 0. The molecular formula is C8H7IN2S. The van der Waals surface area contributed by atoms with Gasteiger partial charge in [-0.05, 0) is 40.8 Å². The highest BCUT2D eigenvalue weighted by Gasteiger charge is 2.00. The lowest BCUT2D eigenvalue weighted by atomic mass is 10.3. The average molecular weight is 290 g/mol. The van der Waals surface area contributed by atoms with Crippen LogP contribution in [0.25, 0.3) is 10.2 Å². The molecule has 1 aromatic carbocycles. The standard InChI is InChI=1S/C8H7IN2S/c1-10-5-2-3-7-6(4-5)11-8(9)12-7/h2-4,10H,1H3. The molecule has 12 heavy (non-hydrogen) atoms. The van der Waals surface area contributed by atoms with Crippen LogP contribution in [-0.4, -0.2) is 12.0 Å². The maximum atomic E-state index is 4.39. The molecular weight excluding hydrogens is 283 g/mol. The van der Waals surface area contributed by atoms with Gasteiger partial charge >= 0.3 is 0 Å². The van der Waals surface area contributed by atoms with Gasteiger partial charge in [0.15, 0.2) is 3.01 Å². The van der Waals surface area contributed by atoms with Crippen LogP contribution in [0.3, 0.4) is 0 Å². The van der Waals surface area contributed by atoms with Crippen molar-refractivity contribution in [1.29, 1.82) is 0 Å². The number of hydrogen-bond acceptors (Lipinski definition) is 3. The molecule has 0 radical (unpaired) electrons. The smallest absolute Gasteiger partial charge is 0.155 e. The van der Waals surface area contributed by atoms with E-state index in [1.54, 1.807) is 11.3 Å². The highest BCUT2D eigenvalue weighted by molar-refractivity contribution is 14.1. The summed E-state index contributed by atoms with van der Waals surface area (Å²) in [5, 5.41) is 3.09. The number of halogens is 1. The number of anilines is 1. The highest BCUT2D eigenvalue weighted by Crippen LogP contribution is 2.25. The number of benzene rings is 1. The molecule has 0 aliphatic heterocycles. The maximum Gasteiger partial charge on any atom is 0.155 e. The van der Waals surface area contributed by atoms with E-state index in [1.165, 1.54) is 4.70 Å². The van der Waals surface area contributed by atoms with Crippen LogP contribution in [-0.2, 0) is 0 Å². The number of thiazole rings is 1. The van der Waals surface area contributed by atoms with E-state index in [-0.39, 0.29) is 0 Å². The summed E-state index contributed by atoms with van der Waals surface area (Å²) < 4.78 is 2.34. The predicted molar refractivity (Wildman–Crippen MR) is 61.9 cm³/mol. The zero-order valence-corrected chi connectivity index (χ0v) is 9.44. The van der Waals surface area contributed by atoms with Crippen molar-refractivity contribution in [1.82, 2.24) is 4.98 Å². The molecule has 0 bridgehead atoms. The van der Waals surface area contributed by atoms with Crippen molar-refractivity contribution >= 4 is 49.8 Å². The molecule has 1 aromatic heterocycles. The number of nitrogens with one attached hydrogen (secondary N) is 1. The van der Waals surface area contributed by atoms with Gasteiger partial charge in [-0.2, -0.15) is 0 Å². The van der Waals surface area contributed by atoms with Crippen molar-refractivity contribution in [2.45, 2.75) is 0 Å². The molecule has 0 amide bonds. The third-order valence-corrected chi connectivity index (χ3v) is 3.38. The molecule has 1 N–H and O–H groups in total. The van der Waals surface area contributed by atoms with Crippen LogP contribution in [0.1, 0.15) is 0 Å². The molecule has 1 heterocycles. The number of hydrogen-bond donors (Lipinski definition) is 1. The molecule has 0 unspecified atom stereocenters. The van der Waals surface area contributed by atoms with Gasteiger partial charge in [-0.1, -0.05) is 0 Å². The van der Waals surface area contributed by atoms with Crippen molar-refractivity contribution in [2.75, 3.05) is 12.4 Å². The second-order valence-corrected chi connectivity index (χ2v) is 5.18. The molecule has 0 saturated carbocycles. The van der Waals surface area contributed by atoms with Gasteiger partial charge < -0.3 is 5.32 Å². The number of rotatable bonds is 1. The Hall–Kier alpha value is -0.360. The fraction of sp³-hybridized carbons (Fsp3) is 0.125. The number of nitrogens with zero attached hydrogens (tertiary/aromatic N) is 1. The minimum absolute atomic E-state index is 1.08. The summed E-state index contributed by atoms with van der Waals surface area (Å²) >= 11 is 3.96. The first-order chi connectivity index (χ1) is 5.79. The first-order valence-electron chi connectivity index (χ1n) is 3.53. The van der Waals surface area contributed by atoms with Gasteiger partial charge in [0.05, 0.1) is 10.2 Å². The Morgan fingerprint density at radius 1 is 1.50 bits per heavy atom. The van der Waals surface area contributed by atoms with Gasteiger partial charge in [0, 0.05) is 12.7 Å². The van der Waals surface area contributed by atoms with Crippen LogP contribution in [0.15, 0.2) is 18.2 Å². The van der Waals surface area contributed by atoms with Crippen LogP contribution in [0.2, 0.25) is 0 Å². The highest BCUT2D eigenvalue weighted by atomic mass is 127. The third kappa shape index (κ3) is 1.40. The van der Waals surface area contributed by atoms with Crippen LogP contribution < -0.4 is 5.32 Å². The molecule has 62 valence electrons. The molecule has 0 saturated heterocycles. The van der Waals surface area contributed by atoms with Crippen molar-refractivity contribution in [3.05, 3.63) is 21.2 Å². The summed E-state index contributed by atoms with van der Waals surface area (Å²) in [5.41, 5.74) is 2.19. The third-order valence-electron chi connectivity index (χ3n) is 1.65. The molecule has 0 aliphatic rings. The Kier molecular flexibility index (Phi) is 2.18. The zero-order valence-electron chi connectivity index (χ0n) is 6.47. The van der Waals surface area contributed by atoms with Gasteiger partial charge in [0.1, 0.15) is 0 Å². The average Bonchev–Trinajstić information content (AvgIpc) is 2.43. The topological polar surface area (TPSA) is 24.9 Å². The fourth-order valence-electron chi connectivity index (χ4n) is 1.05. The lowest BCUT2D eigenvalue weighted by Gasteiger charge is -1.96. The van der Waals surface area contributed by atoms with Gasteiger partial charge in [0.25, 0.3) is 0 Å². The van der Waals surface area contributed by atoms with Crippen LogP contribution in [0.5, 0.6) is 0 Å². The first kappa shape index (κ1) is 8.25. The van der Waals surface area contributed by atoms with Crippen molar-refractivity contribution in [3.63, 3.8) is 0 Å². The second-order valence-electron chi connectivity index (χ2n) is 2.40. The quantitative estimate of drug-likeness (QED) is 0.817. The first-order valence-corrected chi connectivity index (χ1v) is 5.43. The number of aromatic nitrogens is 1. The Morgan fingerprint density at radius 3 is 3.08 bits per heavy atom. The molecule has 4 heteroatoms. The Bertz CT molecular complexity index is 410. The van der Waals surface area contributed by atoms with E-state index >= 15 is 0 Å². The van der Waals surface area contributed by atoms with E-state index in [4.69, 9.17) is 0 Å². The summed E-state index contributed by atoms with van der Waals surface area (Å²) in [6, 6.07) is 6.23. The van der Waals surface area contributed by atoms with Crippen LogP contribution in [0.4, 0.5) is 5.69 Å². The van der Waals surface area contributed by atoms with Gasteiger partial charge in [-0.25, -0.2) is 4.98 Å². The lowest BCUT2D eigenvalue weighted by molar-refractivity contribution is 1.43. The molecule has 0 aliphatic carbocycles.